The zero-order valence-electron chi connectivity index (χ0n) is 21.7. The average molecular weight is 572 g/mol. The van der Waals surface area contributed by atoms with Gasteiger partial charge in [0.2, 0.25) is 0 Å². The Bertz CT molecular complexity index is 1360. The van der Waals surface area contributed by atoms with Crippen molar-refractivity contribution in [1.29, 1.82) is 0 Å². The first-order chi connectivity index (χ1) is 18.7. The third-order valence-electron chi connectivity index (χ3n) is 5.89. The van der Waals surface area contributed by atoms with E-state index in [4.69, 9.17) is 9.05 Å². The molecule has 0 amide bonds. The Morgan fingerprint density at radius 1 is 0.600 bits per heavy atom. The van der Waals surface area contributed by atoms with Gasteiger partial charge < -0.3 is 13.9 Å². The van der Waals surface area contributed by atoms with Gasteiger partial charge in [0.05, 0.1) is 0 Å². The van der Waals surface area contributed by atoms with Crippen LogP contribution in [0.1, 0.15) is 44.7 Å². The Morgan fingerprint density at radius 2 is 0.925 bits per heavy atom. The van der Waals surface area contributed by atoms with Crippen LogP contribution in [0.25, 0.3) is 0 Å². The molecule has 4 aromatic rings. The minimum absolute atomic E-state index is 0. The summed E-state index contributed by atoms with van der Waals surface area (Å²) >= 11 is 0. The van der Waals surface area contributed by atoms with Gasteiger partial charge in [0.25, 0.3) is 0 Å². The van der Waals surface area contributed by atoms with E-state index < -0.39 is 19.5 Å². The number of hydrogen-bond donors (Lipinski definition) is 0. The number of hydrogen-bond acceptors (Lipinski definition) is 6. The van der Waals surface area contributed by atoms with Gasteiger partial charge in [-0.1, -0.05) is 24.3 Å². The summed E-state index contributed by atoms with van der Waals surface area (Å²) in [6.45, 7) is 0. The van der Waals surface area contributed by atoms with E-state index in [9.17, 15) is 27.8 Å². The van der Waals surface area contributed by atoms with Crippen LogP contribution in [0.3, 0.4) is 0 Å². The number of Topliss-reactive ketones (excluding diaryl/α,β-unsaturated/α-hetero) is 2. The van der Waals surface area contributed by atoms with E-state index >= 15 is 0 Å². The molecule has 0 atom stereocenters. The van der Waals surface area contributed by atoms with Crippen LogP contribution in [0.15, 0.2) is 97.1 Å². The van der Waals surface area contributed by atoms with Crippen molar-refractivity contribution in [2.75, 3.05) is 0 Å². The predicted molar refractivity (Wildman–Crippen MR) is 140 cm³/mol. The molecule has 0 spiro atoms. The molecule has 4 rings (SSSR count). The molecule has 10 heteroatoms. The molecule has 0 fully saturated rings. The van der Waals surface area contributed by atoms with Gasteiger partial charge >= 0.3 is 37.4 Å². The fourth-order valence-electron chi connectivity index (χ4n) is 3.79. The summed E-state index contributed by atoms with van der Waals surface area (Å²) in [5.74, 6) is -0.967. The number of rotatable bonds is 12. The van der Waals surface area contributed by atoms with Crippen molar-refractivity contribution in [1.82, 2.24) is 0 Å². The summed E-state index contributed by atoms with van der Waals surface area (Å²) in [5, 5.41) is 0. The third-order valence-corrected chi connectivity index (χ3v) is 6.76. The number of benzene rings is 4. The molecule has 0 N–H and O–H groups in total. The number of carbonyl (C=O) groups excluding carboxylic acids is 2. The van der Waals surface area contributed by atoms with Gasteiger partial charge in [0, 0.05) is 24.0 Å². The Labute approximate surface area is 252 Å². The molecule has 0 saturated carbocycles. The Hall–Kier alpha value is -3.13. The number of aryl methyl sites for hydroxylation is 2. The van der Waals surface area contributed by atoms with Crippen molar-refractivity contribution >= 4 is 19.4 Å². The van der Waals surface area contributed by atoms with Gasteiger partial charge in [-0.05, 0) is 96.8 Å². The first-order valence-corrected chi connectivity index (χ1v) is 13.6. The zero-order valence-corrected chi connectivity index (χ0v) is 24.6. The second-order valence-corrected chi connectivity index (χ2v) is 10.0. The van der Waals surface area contributed by atoms with Crippen LogP contribution >= 0.6 is 7.82 Å². The van der Waals surface area contributed by atoms with Crippen molar-refractivity contribution in [2.45, 2.75) is 25.7 Å². The summed E-state index contributed by atoms with van der Waals surface area (Å²) in [6.07, 6.45) is 1.27. The summed E-state index contributed by atoms with van der Waals surface area (Å²) in [5.41, 5.74) is 2.44. The molecule has 4 aromatic carbocycles. The molecule has 0 bridgehead atoms. The molecule has 0 unspecified atom stereocenters. The summed E-state index contributed by atoms with van der Waals surface area (Å²) < 4.78 is 48.5. The third kappa shape index (κ3) is 9.51. The molecular weight excluding hydrogens is 548 g/mol. The topological polar surface area (TPSA) is 92.7 Å². The Kier molecular flexibility index (Phi) is 11.4. The maximum Gasteiger partial charge on any atom is 1.00 e. The van der Waals surface area contributed by atoms with E-state index in [1.54, 1.807) is 24.3 Å². The van der Waals surface area contributed by atoms with E-state index in [2.05, 4.69) is 0 Å². The number of ketones is 2. The van der Waals surface area contributed by atoms with E-state index in [-0.39, 0.29) is 65.5 Å². The van der Waals surface area contributed by atoms with Crippen LogP contribution in [0, 0.1) is 11.6 Å². The summed E-state index contributed by atoms with van der Waals surface area (Å²) in [7, 11) is -4.74. The molecule has 6 nitrogen and oxygen atoms in total. The fourth-order valence-corrected chi connectivity index (χ4v) is 4.58. The largest absolute Gasteiger partial charge is 1.00 e. The zero-order chi connectivity index (χ0) is 27.8. The number of carbonyl (C=O) groups is 2. The molecule has 40 heavy (non-hydrogen) atoms. The molecular formula is C30H24F2NaO6P. The maximum absolute atomic E-state index is 13.0. The van der Waals surface area contributed by atoms with Gasteiger partial charge in [0.1, 0.15) is 23.1 Å². The van der Waals surface area contributed by atoms with Crippen molar-refractivity contribution in [3.8, 4) is 11.5 Å². The van der Waals surface area contributed by atoms with E-state index in [0.29, 0.717) is 24.0 Å². The summed E-state index contributed by atoms with van der Waals surface area (Å²) in [6, 6.07) is 23.1. The van der Waals surface area contributed by atoms with Crippen LogP contribution in [0.5, 0.6) is 11.5 Å². The molecule has 0 aromatic heterocycles. The van der Waals surface area contributed by atoms with Gasteiger partial charge in [-0.2, -0.15) is 0 Å². The molecule has 0 aliphatic carbocycles. The average Bonchev–Trinajstić information content (AvgIpc) is 2.92. The second-order valence-electron chi connectivity index (χ2n) is 8.78. The van der Waals surface area contributed by atoms with E-state index in [0.717, 1.165) is 11.1 Å². The Balaban J connectivity index is 0.00000441. The maximum atomic E-state index is 13.0. The summed E-state index contributed by atoms with van der Waals surface area (Å²) in [4.78, 5) is 36.9. The van der Waals surface area contributed by atoms with Gasteiger partial charge in [0.15, 0.2) is 11.6 Å². The first kappa shape index (κ1) is 31.4. The standard InChI is InChI=1S/C30H25F2O6P.Na/c31-25-11-7-23(8-12-25)29(33)19-5-21-1-15-27(16-2-21)37-39(35,36)38-28-17-3-22(4-18-28)6-20-30(34)24-9-13-26(32)14-10-24;/h1-4,7-18H,5-6,19-20H2,(H,35,36);/q;+1/p-1. The minimum atomic E-state index is -4.74. The predicted octanol–water partition coefficient (Wildman–Crippen LogP) is 3.53. The van der Waals surface area contributed by atoms with E-state index in [1.807, 2.05) is 0 Å². The monoisotopic (exact) mass is 572 g/mol. The van der Waals surface area contributed by atoms with Gasteiger partial charge in [-0.25, -0.2) is 13.3 Å². The van der Waals surface area contributed by atoms with Gasteiger partial charge in [-0.3, -0.25) is 9.59 Å². The number of phosphoric acid groups is 1. The fraction of sp³-hybridized carbons (Fsp3) is 0.133. The number of halogens is 2. The van der Waals surface area contributed by atoms with Crippen LogP contribution in [0.4, 0.5) is 8.78 Å². The van der Waals surface area contributed by atoms with Crippen LogP contribution < -0.4 is 43.5 Å². The van der Waals surface area contributed by atoms with Crippen LogP contribution in [-0.2, 0) is 17.4 Å². The van der Waals surface area contributed by atoms with Crippen LogP contribution in [0.2, 0.25) is 0 Å². The molecule has 0 saturated heterocycles. The van der Waals surface area contributed by atoms with Crippen LogP contribution in [-0.4, -0.2) is 11.6 Å². The molecule has 0 heterocycles. The minimum Gasteiger partial charge on any atom is -0.736 e. The normalized spacial score (nSPS) is 10.9. The number of phosphoric ester groups is 1. The van der Waals surface area contributed by atoms with Crippen molar-refractivity contribution in [2.24, 2.45) is 0 Å². The van der Waals surface area contributed by atoms with Gasteiger partial charge in [-0.15, -0.1) is 0 Å². The SMILES string of the molecule is O=C(CCc1ccc(OP(=O)([O-])Oc2ccc(CCC(=O)c3ccc(F)cc3)cc2)cc1)c1ccc(F)cc1.[Na+]. The van der Waals surface area contributed by atoms with Crippen molar-refractivity contribution in [3.63, 3.8) is 0 Å². The molecule has 0 radical (unpaired) electrons. The Morgan fingerprint density at radius 3 is 1.25 bits per heavy atom. The smallest absolute Gasteiger partial charge is 0.736 e. The quantitative estimate of drug-likeness (QED) is 0.147. The molecule has 0 aliphatic rings. The molecule has 0 aliphatic heterocycles. The van der Waals surface area contributed by atoms with Crippen molar-refractivity contribution < 1.29 is 66.4 Å². The second kappa shape index (κ2) is 14.5. The molecule has 200 valence electrons. The van der Waals surface area contributed by atoms with Crippen molar-refractivity contribution in [3.05, 3.63) is 131 Å². The van der Waals surface area contributed by atoms with E-state index in [1.165, 1.54) is 72.8 Å². The first-order valence-electron chi connectivity index (χ1n) is 12.1.